The highest BCUT2D eigenvalue weighted by Crippen LogP contribution is 2.22. The maximum Gasteiger partial charge on any atom is 0.255 e. The second-order valence-corrected chi connectivity index (χ2v) is 5.96. The normalized spacial score (nSPS) is 10.5. The van der Waals surface area contributed by atoms with Crippen molar-refractivity contribution in [3.63, 3.8) is 0 Å². The first-order valence-corrected chi connectivity index (χ1v) is 8.25. The van der Waals surface area contributed by atoms with Gasteiger partial charge in [-0.05, 0) is 55.5 Å². The number of nitrogens with zero attached hydrogens (tertiary/aromatic N) is 5. The van der Waals surface area contributed by atoms with Crippen molar-refractivity contribution >= 4 is 17.2 Å². The molecule has 0 unspecified atom stereocenters. The molecule has 2 heterocycles. The van der Waals surface area contributed by atoms with Crippen LogP contribution in [0.15, 0.2) is 60.7 Å². The zero-order valence-corrected chi connectivity index (χ0v) is 14.4. The van der Waals surface area contributed by atoms with Crippen molar-refractivity contribution in [1.82, 2.24) is 19.8 Å². The summed E-state index contributed by atoms with van der Waals surface area (Å²) in [6.07, 6.45) is 0. The van der Waals surface area contributed by atoms with Crippen LogP contribution in [0.25, 0.3) is 16.9 Å². The molecule has 0 spiro atoms. The van der Waals surface area contributed by atoms with Crippen LogP contribution in [0.4, 0.5) is 5.69 Å². The molecule has 0 bridgehead atoms. The average Bonchev–Trinajstić information content (AvgIpc) is 3.08. The zero-order chi connectivity index (χ0) is 18.8. The summed E-state index contributed by atoms with van der Waals surface area (Å²) in [6.45, 7) is 1.84. The molecule has 0 aliphatic rings. The molecule has 0 saturated carbocycles. The Morgan fingerprint density at radius 1 is 1.07 bits per heavy atom. The van der Waals surface area contributed by atoms with E-state index in [1.807, 2.05) is 49.4 Å². The van der Waals surface area contributed by atoms with E-state index in [1.54, 1.807) is 28.8 Å². The molecule has 130 valence electrons. The highest BCUT2D eigenvalue weighted by molar-refractivity contribution is 6.04. The van der Waals surface area contributed by atoms with E-state index in [1.165, 1.54) is 0 Å². The quantitative estimate of drug-likeness (QED) is 0.609. The van der Waals surface area contributed by atoms with Crippen LogP contribution in [0.5, 0.6) is 0 Å². The molecular weight excluding hydrogens is 340 g/mol. The monoisotopic (exact) mass is 354 g/mol. The number of benzene rings is 2. The number of hydrogen-bond donors (Lipinski definition) is 1. The topological polar surface area (TPSA) is 96.0 Å². The van der Waals surface area contributed by atoms with Crippen molar-refractivity contribution in [3.8, 4) is 17.3 Å². The van der Waals surface area contributed by atoms with E-state index in [-0.39, 0.29) is 5.91 Å². The molecule has 27 heavy (non-hydrogen) atoms. The second-order valence-electron chi connectivity index (χ2n) is 5.96. The molecule has 0 fully saturated rings. The van der Waals surface area contributed by atoms with Crippen molar-refractivity contribution < 1.29 is 4.79 Å². The van der Waals surface area contributed by atoms with E-state index >= 15 is 0 Å². The van der Waals surface area contributed by atoms with Gasteiger partial charge in [0.1, 0.15) is 0 Å². The van der Waals surface area contributed by atoms with Crippen molar-refractivity contribution in [2.45, 2.75) is 6.92 Å². The maximum atomic E-state index is 12.4. The Morgan fingerprint density at radius 2 is 1.89 bits per heavy atom. The number of carbonyl (C=O) groups excluding carboxylic acids is 1. The molecule has 7 heteroatoms. The van der Waals surface area contributed by atoms with Crippen LogP contribution in [0.1, 0.15) is 21.7 Å². The van der Waals surface area contributed by atoms with Crippen LogP contribution in [0.2, 0.25) is 0 Å². The lowest BCUT2D eigenvalue weighted by Crippen LogP contribution is -2.11. The summed E-state index contributed by atoms with van der Waals surface area (Å²) < 4.78 is 1.68. The number of aryl methyl sites for hydroxylation is 1. The van der Waals surface area contributed by atoms with E-state index in [0.717, 1.165) is 11.3 Å². The summed E-state index contributed by atoms with van der Waals surface area (Å²) in [5.41, 5.74) is 3.95. The summed E-state index contributed by atoms with van der Waals surface area (Å²) in [6, 6.07) is 19.7. The van der Waals surface area contributed by atoms with E-state index in [2.05, 4.69) is 20.6 Å². The maximum absolute atomic E-state index is 12.4. The standard InChI is InChI=1S/C20H14N6O/c1-13-23-24-19-10-9-18(25-26(13)19)16-3-2-4-17(11-16)22-20(27)15-7-5-14(12-21)6-8-15/h2-11H,1H3,(H,22,27). The summed E-state index contributed by atoms with van der Waals surface area (Å²) in [7, 11) is 0. The zero-order valence-electron chi connectivity index (χ0n) is 14.4. The highest BCUT2D eigenvalue weighted by Gasteiger charge is 2.09. The van der Waals surface area contributed by atoms with E-state index in [4.69, 9.17) is 5.26 Å². The minimum absolute atomic E-state index is 0.241. The van der Waals surface area contributed by atoms with Crippen LogP contribution in [0.3, 0.4) is 0 Å². The lowest BCUT2D eigenvalue weighted by atomic mass is 10.1. The molecule has 0 radical (unpaired) electrons. The molecular formula is C20H14N6O. The average molecular weight is 354 g/mol. The second kappa shape index (κ2) is 6.69. The van der Waals surface area contributed by atoms with Crippen LogP contribution < -0.4 is 5.32 Å². The number of carbonyl (C=O) groups is 1. The SMILES string of the molecule is Cc1nnc2ccc(-c3cccc(NC(=O)c4ccc(C#N)cc4)c3)nn12. The molecule has 2 aromatic heterocycles. The Labute approximate surface area is 154 Å². The van der Waals surface area contributed by atoms with E-state index < -0.39 is 0 Å². The third-order valence-corrected chi connectivity index (χ3v) is 4.11. The van der Waals surface area contributed by atoms with Gasteiger partial charge in [-0.15, -0.1) is 10.2 Å². The summed E-state index contributed by atoms with van der Waals surface area (Å²) in [5, 5.41) is 24.3. The number of anilines is 1. The van der Waals surface area contributed by atoms with Gasteiger partial charge in [0.2, 0.25) is 0 Å². The number of nitriles is 1. The summed E-state index contributed by atoms with van der Waals surface area (Å²) in [5.74, 6) is 0.465. The fourth-order valence-corrected chi connectivity index (χ4v) is 2.71. The number of fused-ring (bicyclic) bond motifs is 1. The Bertz CT molecular complexity index is 1190. The molecule has 2 aromatic carbocycles. The lowest BCUT2D eigenvalue weighted by Gasteiger charge is -2.08. The predicted molar refractivity (Wildman–Crippen MR) is 100 cm³/mol. The van der Waals surface area contributed by atoms with Crippen LogP contribution in [-0.2, 0) is 0 Å². The number of aromatic nitrogens is 4. The molecule has 4 aromatic rings. The Morgan fingerprint density at radius 3 is 2.67 bits per heavy atom. The van der Waals surface area contributed by atoms with E-state index in [9.17, 15) is 4.79 Å². The minimum Gasteiger partial charge on any atom is -0.322 e. The minimum atomic E-state index is -0.241. The van der Waals surface area contributed by atoms with Gasteiger partial charge in [-0.3, -0.25) is 4.79 Å². The smallest absolute Gasteiger partial charge is 0.255 e. The van der Waals surface area contributed by atoms with Gasteiger partial charge in [0.25, 0.3) is 5.91 Å². The first kappa shape index (κ1) is 16.4. The largest absolute Gasteiger partial charge is 0.322 e. The number of nitrogens with one attached hydrogen (secondary N) is 1. The van der Waals surface area contributed by atoms with Crippen molar-refractivity contribution in [3.05, 3.63) is 77.6 Å². The number of hydrogen-bond acceptors (Lipinski definition) is 5. The molecule has 0 atom stereocenters. The van der Waals surface area contributed by atoms with Gasteiger partial charge in [-0.25, -0.2) is 0 Å². The van der Waals surface area contributed by atoms with Gasteiger partial charge < -0.3 is 5.32 Å². The fraction of sp³-hybridized carbons (Fsp3) is 0.0500. The Balaban J connectivity index is 1.60. The first-order chi connectivity index (χ1) is 13.1. The molecule has 0 aliphatic carbocycles. The third kappa shape index (κ3) is 3.24. The molecule has 1 N–H and O–H groups in total. The summed E-state index contributed by atoms with van der Waals surface area (Å²) in [4.78, 5) is 12.4. The molecule has 4 rings (SSSR count). The number of amides is 1. The van der Waals surface area contributed by atoms with Crippen LogP contribution >= 0.6 is 0 Å². The predicted octanol–water partition coefficient (Wildman–Crippen LogP) is 3.22. The van der Waals surface area contributed by atoms with Crippen molar-refractivity contribution in [1.29, 1.82) is 5.26 Å². The van der Waals surface area contributed by atoms with E-state index in [0.29, 0.717) is 28.3 Å². The van der Waals surface area contributed by atoms with Gasteiger partial charge in [0, 0.05) is 16.8 Å². The number of rotatable bonds is 3. The Hall–Kier alpha value is -4.05. The summed E-state index contributed by atoms with van der Waals surface area (Å²) >= 11 is 0. The fourth-order valence-electron chi connectivity index (χ4n) is 2.71. The lowest BCUT2D eigenvalue weighted by molar-refractivity contribution is 0.102. The molecule has 7 nitrogen and oxygen atoms in total. The molecule has 1 amide bonds. The molecule has 0 saturated heterocycles. The first-order valence-electron chi connectivity index (χ1n) is 8.25. The van der Waals surface area contributed by atoms with Crippen molar-refractivity contribution in [2.75, 3.05) is 5.32 Å². The third-order valence-electron chi connectivity index (χ3n) is 4.11. The van der Waals surface area contributed by atoms with Gasteiger partial charge in [0.05, 0.1) is 17.3 Å². The van der Waals surface area contributed by atoms with Gasteiger partial charge in [0.15, 0.2) is 11.5 Å². The van der Waals surface area contributed by atoms with Crippen molar-refractivity contribution in [2.24, 2.45) is 0 Å². The van der Waals surface area contributed by atoms with Gasteiger partial charge in [-0.1, -0.05) is 12.1 Å². The van der Waals surface area contributed by atoms with Gasteiger partial charge in [-0.2, -0.15) is 14.9 Å². The Kier molecular flexibility index (Phi) is 4.07. The van der Waals surface area contributed by atoms with Crippen LogP contribution in [-0.4, -0.2) is 25.7 Å². The highest BCUT2D eigenvalue weighted by atomic mass is 16.1. The molecule has 0 aliphatic heterocycles. The van der Waals surface area contributed by atoms with Crippen LogP contribution in [0, 0.1) is 18.3 Å². The van der Waals surface area contributed by atoms with Gasteiger partial charge >= 0.3 is 0 Å².